The minimum atomic E-state index is -0.247. The Morgan fingerprint density at radius 1 is 1.40 bits per heavy atom. The fraction of sp³-hybridized carbons (Fsp3) is 0.533. The summed E-state index contributed by atoms with van der Waals surface area (Å²) in [5.41, 5.74) is 7.49. The summed E-state index contributed by atoms with van der Waals surface area (Å²) in [6.07, 6.45) is 5.23. The molecule has 20 heavy (non-hydrogen) atoms. The second-order valence-corrected chi connectivity index (χ2v) is 5.67. The molecule has 0 amide bonds. The molecule has 0 aliphatic heterocycles. The lowest BCUT2D eigenvalue weighted by Crippen LogP contribution is -2.32. The second kappa shape index (κ2) is 5.40. The van der Waals surface area contributed by atoms with Crippen molar-refractivity contribution in [3.63, 3.8) is 0 Å². The number of nitrogens with two attached hydrogens (primary N) is 1. The number of hydrogen-bond donors (Lipinski definition) is 1. The zero-order valence-electron chi connectivity index (χ0n) is 11.8. The van der Waals surface area contributed by atoms with Crippen LogP contribution in [0.5, 0.6) is 0 Å². The maximum atomic E-state index is 13.4. The molecule has 1 aromatic carbocycles. The van der Waals surface area contributed by atoms with Crippen LogP contribution in [0.15, 0.2) is 18.2 Å². The van der Waals surface area contributed by atoms with Gasteiger partial charge < -0.3 is 15.2 Å². The van der Waals surface area contributed by atoms with E-state index in [0.29, 0.717) is 12.0 Å². The molecular formula is C15H21FN4. The van der Waals surface area contributed by atoms with Gasteiger partial charge in [0.25, 0.3) is 0 Å². The van der Waals surface area contributed by atoms with Crippen LogP contribution in [0.25, 0.3) is 11.0 Å². The van der Waals surface area contributed by atoms with Crippen LogP contribution in [0.2, 0.25) is 0 Å². The topological polar surface area (TPSA) is 47.1 Å². The highest BCUT2D eigenvalue weighted by Crippen LogP contribution is 2.23. The summed E-state index contributed by atoms with van der Waals surface area (Å²) in [7, 11) is 2.16. The molecule has 1 aromatic heterocycles. The van der Waals surface area contributed by atoms with Gasteiger partial charge in [-0.2, -0.15) is 0 Å². The first kappa shape index (κ1) is 13.4. The molecule has 1 aliphatic rings. The summed E-state index contributed by atoms with van der Waals surface area (Å²) in [5, 5.41) is 0. The summed E-state index contributed by atoms with van der Waals surface area (Å²) in [5.74, 6) is 0.216. The number of likely N-dealkylation sites (N-methyl/N-ethyl adjacent to an activating group) is 1. The number of hydrogen-bond acceptors (Lipinski definition) is 3. The second-order valence-electron chi connectivity index (χ2n) is 5.67. The Morgan fingerprint density at radius 3 is 2.90 bits per heavy atom. The van der Waals surface area contributed by atoms with E-state index in [-0.39, 0.29) is 5.82 Å². The minimum Gasteiger partial charge on any atom is -0.369 e. The molecule has 1 fully saturated rings. The highest BCUT2D eigenvalue weighted by molar-refractivity contribution is 5.78. The number of nitrogens with zero attached hydrogens (tertiary/aromatic N) is 3. The minimum absolute atomic E-state index is 0.247. The van der Waals surface area contributed by atoms with Crippen molar-refractivity contribution in [3.05, 3.63) is 24.0 Å². The van der Waals surface area contributed by atoms with Gasteiger partial charge in [0.2, 0.25) is 5.95 Å². The SMILES string of the molecule is CN(CCn1c(N)nc2ccc(F)cc21)C1CCCC1. The monoisotopic (exact) mass is 276 g/mol. The number of fused-ring (bicyclic) bond motifs is 1. The number of imidazole rings is 1. The standard InChI is InChI=1S/C15H21FN4/c1-19(12-4-2-3-5-12)8-9-20-14-10-11(16)6-7-13(14)18-15(20)17/h6-7,10,12H,2-5,8-9H2,1H3,(H2,17,18). The van der Waals surface area contributed by atoms with Gasteiger partial charge in [0.1, 0.15) is 5.82 Å². The molecule has 1 heterocycles. The highest BCUT2D eigenvalue weighted by atomic mass is 19.1. The predicted molar refractivity (Wildman–Crippen MR) is 79.0 cm³/mol. The van der Waals surface area contributed by atoms with Crippen LogP contribution < -0.4 is 5.73 Å². The van der Waals surface area contributed by atoms with E-state index in [9.17, 15) is 4.39 Å². The number of nitrogen functional groups attached to an aromatic ring is 1. The normalized spacial score (nSPS) is 16.6. The largest absolute Gasteiger partial charge is 0.369 e. The Kier molecular flexibility index (Phi) is 3.61. The summed E-state index contributed by atoms with van der Waals surface area (Å²) in [6, 6.07) is 5.29. The lowest BCUT2D eigenvalue weighted by Gasteiger charge is -2.24. The van der Waals surface area contributed by atoms with Crippen LogP contribution in [0.1, 0.15) is 25.7 Å². The van der Waals surface area contributed by atoms with Gasteiger partial charge in [-0.1, -0.05) is 12.8 Å². The average Bonchev–Trinajstić information content (AvgIpc) is 3.04. The van der Waals surface area contributed by atoms with E-state index in [1.54, 1.807) is 6.07 Å². The van der Waals surface area contributed by atoms with Crippen LogP contribution in [-0.2, 0) is 6.54 Å². The number of halogens is 1. The quantitative estimate of drug-likeness (QED) is 0.934. The Labute approximate surface area is 118 Å². The van der Waals surface area contributed by atoms with Crippen molar-refractivity contribution in [3.8, 4) is 0 Å². The Bertz CT molecular complexity index is 601. The zero-order chi connectivity index (χ0) is 14.1. The maximum absolute atomic E-state index is 13.4. The third-order valence-corrected chi connectivity index (χ3v) is 4.36. The number of aromatic nitrogens is 2. The fourth-order valence-electron chi connectivity index (χ4n) is 3.13. The van der Waals surface area contributed by atoms with Crippen LogP contribution in [0, 0.1) is 5.82 Å². The van der Waals surface area contributed by atoms with Gasteiger partial charge in [-0.25, -0.2) is 9.37 Å². The van der Waals surface area contributed by atoms with E-state index < -0.39 is 0 Å². The van der Waals surface area contributed by atoms with Crippen molar-refractivity contribution in [1.29, 1.82) is 0 Å². The fourth-order valence-corrected chi connectivity index (χ4v) is 3.13. The van der Waals surface area contributed by atoms with Gasteiger partial charge in [-0.3, -0.25) is 0 Å². The summed E-state index contributed by atoms with van der Waals surface area (Å²) in [4.78, 5) is 6.67. The van der Waals surface area contributed by atoms with Gasteiger partial charge in [0, 0.05) is 19.1 Å². The van der Waals surface area contributed by atoms with Crippen molar-refractivity contribution in [2.24, 2.45) is 0 Å². The first-order chi connectivity index (χ1) is 9.65. The van der Waals surface area contributed by atoms with Crippen LogP contribution in [-0.4, -0.2) is 34.1 Å². The van der Waals surface area contributed by atoms with Crippen LogP contribution >= 0.6 is 0 Å². The summed E-state index contributed by atoms with van der Waals surface area (Å²) < 4.78 is 15.3. The van der Waals surface area contributed by atoms with E-state index in [2.05, 4.69) is 16.9 Å². The molecule has 0 unspecified atom stereocenters. The number of benzene rings is 1. The molecule has 2 N–H and O–H groups in total. The first-order valence-corrected chi connectivity index (χ1v) is 7.26. The van der Waals surface area contributed by atoms with Crippen molar-refractivity contribution >= 4 is 17.0 Å². The molecule has 1 saturated carbocycles. The van der Waals surface area contributed by atoms with E-state index in [0.717, 1.165) is 24.1 Å². The van der Waals surface area contributed by atoms with E-state index in [1.165, 1.54) is 37.8 Å². The smallest absolute Gasteiger partial charge is 0.201 e. The summed E-state index contributed by atoms with van der Waals surface area (Å²) in [6.45, 7) is 1.66. The van der Waals surface area contributed by atoms with Gasteiger partial charge in [-0.15, -0.1) is 0 Å². The van der Waals surface area contributed by atoms with Crippen LogP contribution in [0.4, 0.5) is 10.3 Å². The maximum Gasteiger partial charge on any atom is 0.201 e. The van der Waals surface area contributed by atoms with Gasteiger partial charge in [0.15, 0.2) is 0 Å². The predicted octanol–water partition coefficient (Wildman–Crippen LogP) is 2.63. The molecule has 0 spiro atoms. The van der Waals surface area contributed by atoms with Gasteiger partial charge in [0.05, 0.1) is 11.0 Å². The average molecular weight is 276 g/mol. The van der Waals surface area contributed by atoms with Crippen molar-refractivity contribution < 1.29 is 4.39 Å². The third kappa shape index (κ3) is 2.50. The van der Waals surface area contributed by atoms with Gasteiger partial charge >= 0.3 is 0 Å². The molecule has 1 aliphatic carbocycles. The Hall–Kier alpha value is -1.62. The molecule has 3 rings (SSSR count). The van der Waals surface area contributed by atoms with E-state index in [4.69, 9.17) is 5.73 Å². The molecule has 0 saturated heterocycles. The van der Waals surface area contributed by atoms with E-state index >= 15 is 0 Å². The van der Waals surface area contributed by atoms with Crippen molar-refractivity contribution in [1.82, 2.24) is 14.5 Å². The van der Waals surface area contributed by atoms with Crippen molar-refractivity contribution in [2.75, 3.05) is 19.3 Å². The molecule has 2 aromatic rings. The Balaban J connectivity index is 1.76. The van der Waals surface area contributed by atoms with Crippen molar-refractivity contribution in [2.45, 2.75) is 38.3 Å². The van der Waals surface area contributed by atoms with E-state index in [1.807, 2.05) is 4.57 Å². The molecule has 4 nitrogen and oxygen atoms in total. The lowest BCUT2D eigenvalue weighted by atomic mass is 10.2. The highest BCUT2D eigenvalue weighted by Gasteiger charge is 2.19. The van der Waals surface area contributed by atoms with Gasteiger partial charge in [-0.05, 0) is 38.1 Å². The number of anilines is 1. The molecule has 0 radical (unpaired) electrons. The lowest BCUT2D eigenvalue weighted by molar-refractivity contribution is 0.238. The number of rotatable bonds is 4. The third-order valence-electron chi connectivity index (χ3n) is 4.36. The molecular weight excluding hydrogens is 255 g/mol. The molecule has 0 bridgehead atoms. The molecule has 108 valence electrons. The van der Waals surface area contributed by atoms with Crippen LogP contribution in [0.3, 0.4) is 0 Å². The first-order valence-electron chi connectivity index (χ1n) is 7.26. The molecule has 5 heteroatoms. The summed E-state index contributed by atoms with van der Waals surface area (Å²) >= 11 is 0. The Morgan fingerprint density at radius 2 is 2.15 bits per heavy atom. The zero-order valence-corrected chi connectivity index (χ0v) is 11.8. The molecule has 0 atom stereocenters.